The molecule has 0 fully saturated rings. The zero-order valence-electron chi connectivity index (χ0n) is 11.2. The molecule has 18 heavy (non-hydrogen) atoms. The number of carbonyl (C=O) groups is 1. The molecule has 0 aliphatic rings. The molecule has 0 saturated carbocycles. The van der Waals surface area contributed by atoms with E-state index < -0.39 is 0 Å². The lowest BCUT2D eigenvalue weighted by Gasteiger charge is -2.11. The van der Waals surface area contributed by atoms with Crippen LogP contribution in [-0.4, -0.2) is 19.5 Å². The molecule has 1 rings (SSSR count). The van der Waals surface area contributed by atoms with E-state index in [0.29, 0.717) is 30.3 Å². The van der Waals surface area contributed by atoms with Crippen molar-refractivity contribution in [2.45, 2.75) is 27.2 Å². The highest BCUT2D eigenvalue weighted by Gasteiger charge is 2.05. The Morgan fingerprint density at radius 3 is 2.61 bits per heavy atom. The summed E-state index contributed by atoms with van der Waals surface area (Å²) in [7, 11) is 0. The molecule has 0 spiro atoms. The molecule has 1 aromatic rings. The maximum Gasteiger partial charge on any atom is 0.161 e. The van der Waals surface area contributed by atoms with Crippen molar-refractivity contribution in [3.63, 3.8) is 0 Å². The summed E-state index contributed by atoms with van der Waals surface area (Å²) in [6, 6.07) is 5.20. The van der Waals surface area contributed by atoms with Gasteiger partial charge in [-0.15, -0.1) is 0 Å². The van der Waals surface area contributed by atoms with E-state index in [2.05, 4.69) is 19.9 Å². The second-order valence-electron chi connectivity index (χ2n) is 4.18. The lowest BCUT2D eigenvalue weighted by molar-refractivity contribution is 0.112. The number of benzene rings is 1. The standard InChI is InChI=1S/C15H20O3/c1-4-17-15-10-13(11-16)7-8-14(15)18-9-5-6-12(2)3/h6-8,10-11H,4-5,9H2,1-3H3. The van der Waals surface area contributed by atoms with Gasteiger partial charge in [-0.1, -0.05) is 11.6 Å². The smallest absolute Gasteiger partial charge is 0.161 e. The first kappa shape index (κ1) is 14.3. The second kappa shape index (κ2) is 7.54. The zero-order valence-corrected chi connectivity index (χ0v) is 11.2. The molecule has 0 radical (unpaired) electrons. The Balaban J connectivity index is 2.68. The van der Waals surface area contributed by atoms with Gasteiger partial charge < -0.3 is 9.47 Å². The molecule has 0 N–H and O–H groups in total. The molecule has 3 nitrogen and oxygen atoms in total. The van der Waals surface area contributed by atoms with Crippen LogP contribution in [0.1, 0.15) is 37.6 Å². The third-order valence-electron chi connectivity index (χ3n) is 2.33. The molecule has 0 saturated heterocycles. The van der Waals surface area contributed by atoms with E-state index in [1.165, 1.54) is 5.57 Å². The van der Waals surface area contributed by atoms with Crippen LogP contribution in [0.5, 0.6) is 11.5 Å². The molecule has 0 atom stereocenters. The average molecular weight is 248 g/mol. The van der Waals surface area contributed by atoms with Crippen molar-refractivity contribution in [2.24, 2.45) is 0 Å². The molecule has 0 aliphatic heterocycles. The van der Waals surface area contributed by atoms with Crippen LogP contribution in [0.4, 0.5) is 0 Å². The van der Waals surface area contributed by atoms with Crippen LogP contribution in [0, 0.1) is 0 Å². The molecule has 0 heterocycles. The van der Waals surface area contributed by atoms with Crippen molar-refractivity contribution in [3.05, 3.63) is 35.4 Å². The summed E-state index contributed by atoms with van der Waals surface area (Å²) in [5, 5.41) is 0. The lowest BCUT2D eigenvalue weighted by Crippen LogP contribution is -2.01. The van der Waals surface area contributed by atoms with E-state index in [1.54, 1.807) is 18.2 Å². The van der Waals surface area contributed by atoms with Gasteiger partial charge in [0, 0.05) is 5.56 Å². The summed E-state index contributed by atoms with van der Waals surface area (Å²) >= 11 is 0. The third-order valence-corrected chi connectivity index (χ3v) is 2.33. The van der Waals surface area contributed by atoms with Crippen molar-refractivity contribution < 1.29 is 14.3 Å². The highest BCUT2D eigenvalue weighted by molar-refractivity contribution is 5.76. The van der Waals surface area contributed by atoms with Crippen LogP contribution < -0.4 is 9.47 Å². The van der Waals surface area contributed by atoms with Crippen LogP contribution in [0.15, 0.2) is 29.8 Å². The van der Waals surface area contributed by atoms with Crippen molar-refractivity contribution >= 4 is 6.29 Å². The number of ether oxygens (including phenoxy) is 2. The second-order valence-corrected chi connectivity index (χ2v) is 4.18. The van der Waals surface area contributed by atoms with Gasteiger partial charge in [0.05, 0.1) is 13.2 Å². The maximum atomic E-state index is 10.7. The Bertz CT molecular complexity index is 418. The highest BCUT2D eigenvalue weighted by atomic mass is 16.5. The highest BCUT2D eigenvalue weighted by Crippen LogP contribution is 2.28. The minimum absolute atomic E-state index is 0.548. The van der Waals surface area contributed by atoms with Gasteiger partial charge in [0.15, 0.2) is 11.5 Å². The van der Waals surface area contributed by atoms with Crippen LogP contribution in [0.2, 0.25) is 0 Å². The molecular formula is C15H20O3. The Hall–Kier alpha value is -1.77. The van der Waals surface area contributed by atoms with Gasteiger partial charge in [-0.25, -0.2) is 0 Å². The van der Waals surface area contributed by atoms with Crippen LogP contribution in [0.3, 0.4) is 0 Å². The first-order valence-electron chi connectivity index (χ1n) is 6.15. The minimum Gasteiger partial charge on any atom is -0.490 e. The normalized spacial score (nSPS) is 9.72. The molecule has 0 aliphatic carbocycles. The summed E-state index contributed by atoms with van der Waals surface area (Å²) in [6.45, 7) is 7.17. The number of hydrogen-bond acceptors (Lipinski definition) is 3. The topological polar surface area (TPSA) is 35.5 Å². The minimum atomic E-state index is 0.548. The van der Waals surface area contributed by atoms with Gasteiger partial charge in [0.1, 0.15) is 6.29 Å². The number of aldehydes is 1. The summed E-state index contributed by atoms with van der Waals surface area (Å²) < 4.78 is 11.1. The molecule has 0 bridgehead atoms. The first-order chi connectivity index (χ1) is 8.67. The summed E-state index contributed by atoms with van der Waals surface area (Å²) in [6.07, 6.45) is 3.79. The maximum absolute atomic E-state index is 10.7. The van der Waals surface area contributed by atoms with Crippen LogP contribution in [-0.2, 0) is 0 Å². The molecule has 0 amide bonds. The van der Waals surface area contributed by atoms with Gasteiger partial charge in [0.25, 0.3) is 0 Å². The van der Waals surface area contributed by atoms with Gasteiger partial charge in [0.2, 0.25) is 0 Å². The SMILES string of the molecule is CCOc1cc(C=O)ccc1OCCC=C(C)C. The first-order valence-corrected chi connectivity index (χ1v) is 6.15. The fraction of sp³-hybridized carbons (Fsp3) is 0.400. The Labute approximate surface area is 108 Å². The summed E-state index contributed by atoms with van der Waals surface area (Å²) in [5.41, 5.74) is 1.87. The van der Waals surface area contributed by atoms with Gasteiger partial charge >= 0.3 is 0 Å². The van der Waals surface area contributed by atoms with E-state index >= 15 is 0 Å². The number of carbonyl (C=O) groups excluding carboxylic acids is 1. The molecule has 0 unspecified atom stereocenters. The van der Waals surface area contributed by atoms with Crippen molar-refractivity contribution in [2.75, 3.05) is 13.2 Å². The predicted molar refractivity (Wildman–Crippen MR) is 72.5 cm³/mol. The van der Waals surface area contributed by atoms with Gasteiger partial charge in [-0.2, -0.15) is 0 Å². The van der Waals surface area contributed by atoms with Crippen molar-refractivity contribution in [1.82, 2.24) is 0 Å². The molecule has 1 aromatic carbocycles. The molecule has 3 heteroatoms. The lowest BCUT2D eigenvalue weighted by atomic mass is 10.2. The average Bonchev–Trinajstić information content (AvgIpc) is 2.36. The van der Waals surface area contributed by atoms with Crippen molar-refractivity contribution in [3.8, 4) is 11.5 Å². The Kier molecular flexibility index (Phi) is 5.98. The van der Waals surface area contributed by atoms with Gasteiger partial charge in [-0.05, 0) is 45.4 Å². The zero-order chi connectivity index (χ0) is 13.4. The third kappa shape index (κ3) is 4.62. The van der Waals surface area contributed by atoms with E-state index in [9.17, 15) is 4.79 Å². The van der Waals surface area contributed by atoms with Crippen LogP contribution >= 0.6 is 0 Å². The Morgan fingerprint density at radius 2 is 2.00 bits per heavy atom. The molecule has 98 valence electrons. The summed E-state index contributed by atoms with van der Waals surface area (Å²) in [5.74, 6) is 1.31. The van der Waals surface area contributed by atoms with Crippen LogP contribution in [0.25, 0.3) is 0 Å². The van der Waals surface area contributed by atoms with E-state index in [0.717, 1.165) is 12.7 Å². The number of allylic oxidation sites excluding steroid dienone is 1. The summed E-state index contributed by atoms with van der Waals surface area (Å²) in [4.78, 5) is 10.7. The van der Waals surface area contributed by atoms with Crippen molar-refractivity contribution in [1.29, 1.82) is 0 Å². The quantitative estimate of drug-likeness (QED) is 0.420. The number of rotatable bonds is 7. The molecular weight excluding hydrogens is 228 g/mol. The van der Waals surface area contributed by atoms with E-state index in [-0.39, 0.29) is 0 Å². The monoisotopic (exact) mass is 248 g/mol. The fourth-order valence-corrected chi connectivity index (χ4v) is 1.50. The largest absolute Gasteiger partial charge is 0.490 e. The fourth-order valence-electron chi connectivity index (χ4n) is 1.50. The predicted octanol–water partition coefficient (Wildman–Crippen LogP) is 3.63. The number of hydrogen-bond donors (Lipinski definition) is 0. The molecule has 0 aromatic heterocycles. The van der Waals surface area contributed by atoms with E-state index in [4.69, 9.17) is 9.47 Å². The Morgan fingerprint density at radius 1 is 1.22 bits per heavy atom. The van der Waals surface area contributed by atoms with Gasteiger partial charge in [-0.3, -0.25) is 4.79 Å². The van der Waals surface area contributed by atoms with E-state index in [1.807, 2.05) is 6.92 Å².